The van der Waals surface area contributed by atoms with Gasteiger partial charge in [-0.2, -0.15) is 0 Å². The van der Waals surface area contributed by atoms with E-state index in [1.807, 2.05) is 124 Å². The number of ketones is 1. The van der Waals surface area contributed by atoms with Crippen molar-refractivity contribution in [3.05, 3.63) is 105 Å². The molecule has 0 radical (unpaired) electrons. The van der Waals surface area contributed by atoms with Crippen molar-refractivity contribution < 1.29 is 38.4 Å². The number of carbonyl (C=O) groups excluding carboxylic acids is 3. The Morgan fingerprint density at radius 2 is 1.07 bits per heavy atom. The van der Waals surface area contributed by atoms with Gasteiger partial charge in [-0.1, -0.05) is 77.9 Å². The number of ether oxygens (including phenoxy) is 4. The van der Waals surface area contributed by atoms with Crippen LogP contribution in [-0.4, -0.2) is 76.9 Å². The predicted molar refractivity (Wildman–Crippen MR) is 219 cm³/mol. The molecule has 4 aliphatic heterocycles. The van der Waals surface area contributed by atoms with Crippen molar-refractivity contribution in [2.45, 2.75) is 149 Å². The molecular weight excluding hydrogens is 709 g/mol. The van der Waals surface area contributed by atoms with Crippen LogP contribution >= 0.6 is 0 Å². The summed E-state index contributed by atoms with van der Waals surface area (Å²) in [6.45, 7) is 19.2. The van der Waals surface area contributed by atoms with E-state index in [0.717, 1.165) is 33.4 Å². The Hall–Kier alpha value is -4.19. The van der Waals surface area contributed by atoms with Crippen LogP contribution in [-0.2, 0) is 23.7 Å². The van der Waals surface area contributed by atoms with E-state index in [9.17, 15) is 19.5 Å². The van der Waals surface area contributed by atoms with Gasteiger partial charge in [-0.15, -0.1) is 0 Å². The van der Waals surface area contributed by atoms with E-state index in [0.29, 0.717) is 36.8 Å². The van der Waals surface area contributed by atoms with Crippen molar-refractivity contribution >= 4 is 29.7 Å². The summed E-state index contributed by atoms with van der Waals surface area (Å²) >= 11 is 0. The van der Waals surface area contributed by atoms with Gasteiger partial charge in [0.05, 0.1) is 12.2 Å². The van der Waals surface area contributed by atoms with Gasteiger partial charge in [0.15, 0.2) is 17.4 Å². The van der Waals surface area contributed by atoms with Crippen molar-refractivity contribution in [1.82, 2.24) is 10.6 Å². The largest absolute Gasteiger partial charge is 0.386 e. The van der Waals surface area contributed by atoms with Crippen LogP contribution in [0.1, 0.15) is 121 Å². The molecule has 56 heavy (non-hydrogen) atoms. The van der Waals surface area contributed by atoms with Crippen LogP contribution in [0.15, 0.2) is 60.7 Å². The molecule has 0 spiro atoms. The lowest BCUT2D eigenvalue weighted by Gasteiger charge is -2.20. The smallest absolute Gasteiger partial charge is 0.252 e. The summed E-state index contributed by atoms with van der Waals surface area (Å²) in [7, 11) is 0. The van der Waals surface area contributed by atoms with Crippen molar-refractivity contribution in [3.63, 3.8) is 0 Å². The summed E-state index contributed by atoms with van der Waals surface area (Å²) in [6, 6.07) is 7.94. The lowest BCUT2D eigenvalue weighted by Crippen LogP contribution is -2.35. The minimum atomic E-state index is -0.795. The monoisotopic (exact) mass is 768 g/mol. The third-order valence-electron chi connectivity index (χ3n) is 10.2. The summed E-state index contributed by atoms with van der Waals surface area (Å²) in [5.74, 6) is -1.80. The molecule has 2 fully saturated rings. The zero-order valence-corrected chi connectivity index (χ0v) is 34.6. The van der Waals surface area contributed by atoms with E-state index < -0.39 is 29.9 Å². The number of amides is 2. The third-order valence-corrected chi connectivity index (χ3v) is 10.2. The molecule has 7 atom stereocenters. The molecule has 2 aromatic carbocycles. The van der Waals surface area contributed by atoms with Crippen LogP contribution in [0.2, 0.25) is 0 Å². The fourth-order valence-electron chi connectivity index (χ4n) is 7.85. The van der Waals surface area contributed by atoms with Gasteiger partial charge < -0.3 is 34.7 Å². The molecule has 4 heterocycles. The summed E-state index contributed by atoms with van der Waals surface area (Å²) in [6.07, 6.45) is 14.7. The number of aryl methyl sites for hydroxylation is 4. The van der Waals surface area contributed by atoms with Gasteiger partial charge in [-0.3, -0.25) is 14.4 Å². The maximum atomic E-state index is 12.9. The first-order chi connectivity index (χ1) is 26.3. The number of hydrogen-bond donors (Lipinski definition) is 3. The summed E-state index contributed by atoms with van der Waals surface area (Å²) in [5.41, 5.74) is 7.27. The fraction of sp³-hybridized carbons (Fsp3) is 0.500. The topological polar surface area (TPSA) is 132 Å². The highest BCUT2D eigenvalue weighted by atomic mass is 16.8. The van der Waals surface area contributed by atoms with Crippen LogP contribution in [0.4, 0.5) is 0 Å². The highest BCUT2D eigenvalue weighted by Gasteiger charge is 2.44. The number of hydrogen-bond acceptors (Lipinski definition) is 8. The van der Waals surface area contributed by atoms with Gasteiger partial charge in [0.2, 0.25) is 0 Å². The van der Waals surface area contributed by atoms with Crippen molar-refractivity contribution in [2.24, 2.45) is 0 Å². The molecule has 4 aliphatic rings. The molecule has 0 aromatic heterocycles. The average molecular weight is 769 g/mol. The number of aliphatic hydroxyl groups excluding tert-OH is 1. The molecule has 0 aliphatic carbocycles. The van der Waals surface area contributed by atoms with Gasteiger partial charge >= 0.3 is 0 Å². The molecule has 302 valence electrons. The molecule has 6 rings (SSSR count). The van der Waals surface area contributed by atoms with Crippen LogP contribution < -0.4 is 10.6 Å². The fourth-order valence-corrected chi connectivity index (χ4v) is 7.85. The quantitative estimate of drug-likeness (QED) is 0.235. The van der Waals surface area contributed by atoms with Crippen LogP contribution in [0.25, 0.3) is 12.2 Å². The molecule has 5 unspecified atom stereocenters. The SMILES string of the molecule is Cc1cc(C)c2c(c1)/C=C/C[C@@H]1OC(C)(C)OC1C(=O)/C=C\CC(C)NC2=O.Cc1cc(C)c2c(c1)/C=C/C[C@@H]1OC(C)(C)OC1C(O)/C=C\CC(C)NC2=O. The Balaban J connectivity index is 0.000000214. The highest BCUT2D eigenvalue weighted by molar-refractivity contribution is 6.00. The second kappa shape index (κ2) is 17.9. The van der Waals surface area contributed by atoms with E-state index in [4.69, 9.17) is 18.9 Å². The third kappa shape index (κ3) is 11.0. The standard InChI is InChI=1S/C23H31NO4.C23H29NO4/c2*1-14-12-15(2)20-17(13-14)9-7-11-19-21(28-23(4,5)27-19)18(25)10-6-8-16(3)24-22(20)26/h6-7,9-10,12-13,16,18-19,21,25H,8,11H2,1-5H3,(H,24,26);6-7,9-10,12-13,16,19,21H,8,11H2,1-5H3,(H,24,26)/b2*9-7+,10-6-/t16?,18?,19-,21?;16?,19-,21?/m00/s1. The van der Waals surface area contributed by atoms with Crippen LogP contribution in [0, 0.1) is 27.7 Å². The zero-order valence-electron chi connectivity index (χ0n) is 34.6. The Bertz CT molecular complexity index is 1910. The number of nitrogens with one attached hydrogen (secondary N) is 2. The molecule has 2 aromatic rings. The summed E-state index contributed by atoms with van der Waals surface area (Å²) in [4.78, 5) is 38.4. The Morgan fingerprint density at radius 3 is 1.62 bits per heavy atom. The van der Waals surface area contributed by atoms with Crippen LogP contribution in [0.5, 0.6) is 0 Å². The number of fused-ring (bicyclic) bond motifs is 4. The number of carbonyl (C=O) groups is 3. The molecule has 10 nitrogen and oxygen atoms in total. The number of benzene rings is 2. The first-order valence-electron chi connectivity index (χ1n) is 19.8. The van der Waals surface area contributed by atoms with Gasteiger partial charge in [0.1, 0.15) is 18.3 Å². The summed E-state index contributed by atoms with van der Waals surface area (Å²) < 4.78 is 23.8. The van der Waals surface area contributed by atoms with E-state index in [1.165, 1.54) is 0 Å². The Kier molecular flexibility index (Phi) is 13.8. The van der Waals surface area contributed by atoms with Crippen molar-refractivity contribution in [3.8, 4) is 0 Å². The second-order valence-electron chi connectivity index (χ2n) is 16.5. The lowest BCUT2D eigenvalue weighted by atomic mass is 9.96. The van der Waals surface area contributed by atoms with Gasteiger partial charge in [0.25, 0.3) is 11.8 Å². The van der Waals surface area contributed by atoms with Crippen molar-refractivity contribution in [2.75, 3.05) is 0 Å². The normalized spacial score (nSPS) is 31.3. The summed E-state index contributed by atoms with van der Waals surface area (Å²) in [5, 5.41) is 16.7. The molecule has 0 saturated carbocycles. The molecule has 2 saturated heterocycles. The zero-order chi connectivity index (χ0) is 40.9. The first-order valence-corrected chi connectivity index (χ1v) is 19.8. The molecule has 10 heteroatoms. The first kappa shape index (κ1) is 42.9. The van der Waals surface area contributed by atoms with E-state index in [2.05, 4.69) is 10.6 Å². The van der Waals surface area contributed by atoms with Crippen molar-refractivity contribution in [1.29, 1.82) is 0 Å². The molecular formula is C46H60N2O8. The molecule has 3 N–H and O–H groups in total. The number of aliphatic hydroxyl groups is 1. The Labute approximate surface area is 332 Å². The number of rotatable bonds is 0. The van der Waals surface area contributed by atoms with Gasteiger partial charge in [0, 0.05) is 23.2 Å². The van der Waals surface area contributed by atoms with E-state index >= 15 is 0 Å². The van der Waals surface area contributed by atoms with Gasteiger partial charge in [-0.05, 0) is 123 Å². The predicted octanol–water partition coefficient (Wildman–Crippen LogP) is 7.54. The van der Waals surface area contributed by atoms with E-state index in [-0.39, 0.29) is 41.9 Å². The van der Waals surface area contributed by atoms with E-state index in [1.54, 1.807) is 18.2 Å². The Morgan fingerprint density at radius 1 is 0.607 bits per heavy atom. The molecule has 2 amide bonds. The molecule has 0 bridgehead atoms. The minimum absolute atomic E-state index is 0.0515. The van der Waals surface area contributed by atoms with Crippen LogP contribution in [0.3, 0.4) is 0 Å². The minimum Gasteiger partial charge on any atom is -0.386 e. The maximum absolute atomic E-state index is 12.9. The second-order valence-corrected chi connectivity index (χ2v) is 16.5. The highest BCUT2D eigenvalue weighted by Crippen LogP contribution is 2.34. The van der Waals surface area contributed by atoms with Gasteiger partial charge in [-0.25, -0.2) is 0 Å². The maximum Gasteiger partial charge on any atom is 0.252 e. The lowest BCUT2D eigenvalue weighted by molar-refractivity contribution is -0.152. The average Bonchev–Trinajstić information content (AvgIpc) is 3.56.